The van der Waals surface area contributed by atoms with Gasteiger partial charge in [-0.2, -0.15) is 0 Å². The van der Waals surface area contributed by atoms with Gasteiger partial charge in [0.05, 0.1) is 12.6 Å². The molecule has 1 amide bonds. The SMILES string of the molecule is CC(=O)c1cccc(NC(=O)CN[C@H](c2ccc3c(c2)CCC3)c2cccs2)c1. The van der Waals surface area contributed by atoms with Gasteiger partial charge in [-0.3, -0.25) is 14.9 Å². The third-order valence-corrected chi connectivity index (χ3v) is 6.24. The Hall–Kier alpha value is -2.76. The number of ketones is 1. The van der Waals surface area contributed by atoms with Crippen molar-refractivity contribution in [1.82, 2.24) is 5.32 Å². The van der Waals surface area contributed by atoms with Crippen LogP contribution in [0, 0.1) is 0 Å². The highest BCUT2D eigenvalue weighted by Gasteiger charge is 2.19. The van der Waals surface area contributed by atoms with E-state index in [0.717, 1.165) is 12.8 Å². The Balaban J connectivity index is 1.47. The van der Waals surface area contributed by atoms with E-state index in [-0.39, 0.29) is 24.3 Å². The van der Waals surface area contributed by atoms with Gasteiger partial charge in [0, 0.05) is 16.1 Å². The minimum atomic E-state index is -0.131. The maximum absolute atomic E-state index is 12.5. The normalized spacial score (nSPS) is 13.7. The fourth-order valence-electron chi connectivity index (χ4n) is 3.83. The number of anilines is 1. The maximum Gasteiger partial charge on any atom is 0.238 e. The van der Waals surface area contributed by atoms with Crippen molar-refractivity contribution in [2.45, 2.75) is 32.2 Å². The Labute approximate surface area is 175 Å². The lowest BCUT2D eigenvalue weighted by molar-refractivity contribution is -0.115. The molecule has 0 fully saturated rings. The Kier molecular flexibility index (Phi) is 5.88. The number of hydrogen-bond acceptors (Lipinski definition) is 4. The molecule has 1 atom stereocenters. The van der Waals surface area contributed by atoms with Gasteiger partial charge in [-0.15, -0.1) is 11.3 Å². The van der Waals surface area contributed by atoms with Crippen LogP contribution in [0.15, 0.2) is 60.0 Å². The average molecular weight is 405 g/mol. The van der Waals surface area contributed by atoms with Gasteiger partial charge in [-0.1, -0.05) is 36.4 Å². The number of aryl methyl sites for hydroxylation is 2. The molecule has 1 aromatic heterocycles. The number of thiophene rings is 1. The van der Waals surface area contributed by atoms with E-state index in [1.807, 2.05) is 6.07 Å². The second-order valence-electron chi connectivity index (χ2n) is 7.40. The molecule has 2 N–H and O–H groups in total. The maximum atomic E-state index is 12.5. The molecule has 4 nitrogen and oxygen atoms in total. The summed E-state index contributed by atoms with van der Waals surface area (Å²) in [5.41, 5.74) is 5.29. The predicted octanol–water partition coefficient (Wildman–Crippen LogP) is 4.76. The molecule has 1 heterocycles. The molecule has 4 rings (SSSR count). The first-order valence-corrected chi connectivity index (χ1v) is 10.8. The summed E-state index contributed by atoms with van der Waals surface area (Å²) in [7, 11) is 0. The van der Waals surface area contributed by atoms with Gasteiger partial charge in [-0.05, 0) is 66.5 Å². The third-order valence-electron chi connectivity index (χ3n) is 5.30. The summed E-state index contributed by atoms with van der Waals surface area (Å²) in [6.07, 6.45) is 3.51. The smallest absolute Gasteiger partial charge is 0.238 e. The van der Waals surface area contributed by atoms with Crippen LogP contribution in [-0.4, -0.2) is 18.2 Å². The number of fused-ring (bicyclic) bond motifs is 1. The number of carbonyl (C=O) groups excluding carboxylic acids is 2. The van der Waals surface area contributed by atoms with Crippen molar-refractivity contribution >= 4 is 28.7 Å². The lowest BCUT2D eigenvalue weighted by Crippen LogP contribution is -2.31. The second kappa shape index (κ2) is 8.72. The van der Waals surface area contributed by atoms with Crippen LogP contribution >= 0.6 is 11.3 Å². The van der Waals surface area contributed by atoms with Gasteiger partial charge in [0.25, 0.3) is 0 Å². The first kappa shape index (κ1) is 19.6. The molecule has 29 heavy (non-hydrogen) atoms. The Morgan fingerprint density at radius 3 is 2.69 bits per heavy atom. The molecule has 0 spiro atoms. The Morgan fingerprint density at radius 2 is 1.90 bits per heavy atom. The molecule has 1 aliphatic carbocycles. The van der Waals surface area contributed by atoms with E-state index in [0.29, 0.717) is 11.3 Å². The van der Waals surface area contributed by atoms with Crippen LogP contribution in [0.25, 0.3) is 0 Å². The van der Waals surface area contributed by atoms with E-state index in [2.05, 4.69) is 40.3 Å². The largest absolute Gasteiger partial charge is 0.325 e. The highest BCUT2D eigenvalue weighted by atomic mass is 32.1. The van der Waals surface area contributed by atoms with Crippen molar-refractivity contribution in [3.8, 4) is 0 Å². The summed E-state index contributed by atoms with van der Waals surface area (Å²) in [6.45, 7) is 1.70. The topological polar surface area (TPSA) is 58.2 Å². The molecule has 0 aliphatic heterocycles. The molecule has 5 heteroatoms. The van der Waals surface area contributed by atoms with Crippen LogP contribution in [0.4, 0.5) is 5.69 Å². The molecule has 2 aromatic carbocycles. The summed E-state index contributed by atoms with van der Waals surface area (Å²) in [5.74, 6) is -0.151. The molecule has 3 aromatic rings. The summed E-state index contributed by atoms with van der Waals surface area (Å²) in [6, 6.07) is 17.8. The second-order valence-corrected chi connectivity index (χ2v) is 8.38. The van der Waals surface area contributed by atoms with Crippen molar-refractivity contribution in [3.05, 3.63) is 87.1 Å². The summed E-state index contributed by atoms with van der Waals surface area (Å²) >= 11 is 1.69. The van der Waals surface area contributed by atoms with E-state index in [1.165, 1.54) is 34.9 Å². The van der Waals surface area contributed by atoms with E-state index in [1.54, 1.807) is 35.6 Å². The van der Waals surface area contributed by atoms with Gasteiger partial charge in [-0.25, -0.2) is 0 Å². The highest BCUT2D eigenvalue weighted by molar-refractivity contribution is 7.10. The molecular weight excluding hydrogens is 380 g/mol. The fourth-order valence-corrected chi connectivity index (χ4v) is 4.65. The summed E-state index contributed by atoms with van der Waals surface area (Å²) in [5, 5.41) is 8.36. The predicted molar refractivity (Wildman–Crippen MR) is 118 cm³/mol. The lowest BCUT2D eigenvalue weighted by Gasteiger charge is -2.19. The minimum Gasteiger partial charge on any atom is -0.325 e. The number of rotatable bonds is 7. The van der Waals surface area contributed by atoms with Crippen LogP contribution < -0.4 is 10.6 Å². The van der Waals surface area contributed by atoms with Crippen LogP contribution in [0.2, 0.25) is 0 Å². The monoisotopic (exact) mass is 404 g/mol. The molecule has 0 bridgehead atoms. The van der Waals surface area contributed by atoms with Crippen LogP contribution in [-0.2, 0) is 17.6 Å². The summed E-state index contributed by atoms with van der Waals surface area (Å²) < 4.78 is 0. The van der Waals surface area contributed by atoms with E-state index < -0.39 is 0 Å². The fraction of sp³-hybridized carbons (Fsp3) is 0.250. The number of nitrogens with one attached hydrogen (secondary N) is 2. The van der Waals surface area contributed by atoms with Crippen LogP contribution in [0.1, 0.15) is 51.3 Å². The molecule has 0 unspecified atom stereocenters. The zero-order chi connectivity index (χ0) is 20.2. The quantitative estimate of drug-likeness (QED) is 0.559. The zero-order valence-corrected chi connectivity index (χ0v) is 17.2. The van der Waals surface area contributed by atoms with Gasteiger partial charge in [0.2, 0.25) is 5.91 Å². The molecule has 1 aliphatic rings. The van der Waals surface area contributed by atoms with Gasteiger partial charge in [0.1, 0.15) is 0 Å². The average Bonchev–Trinajstić information content (AvgIpc) is 3.40. The van der Waals surface area contributed by atoms with Crippen molar-refractivity contribution in [2.24, 2.45) is 0 Å². The van der Waals surface area contributed by atoms with Crippen molar-refractivity contribution in [2.75, 3.05) is 11.9 Å². The first-order chi connectivity index (χ1) is 14.1. The van der Waals surface area contributed by atoms with Crippen LogP contribution in [0.5, 0.6) is 0 Å². The number of hydrogen-bond donors (Lipinski definition) is 2. The highest BCUT2D eigenvalue weighted by Crippen LogP contribution is 2.30. The molecular formula is C24H24N2O2S. The number of amides is 1. The van der Waals surface area contributed by atoms with Crippen molar-refractivity contribution in [3.63, 3.8) is 0 Å². The van der Waals surface area contributed by atoms with Gasteiger partial charge >= 0.3 is 0 Å². The first-order valence-electron chi connectivity index (χ1n) is 9.89. The minimum absolute atomic E-state index is 0.0183. The van der Waals surface area contributed by atoms with Crippen molar-refractivity contribution in [1.29, 1.82) is 0 Å². The number of carbonyl (C=O) groups is 2. The third kappa shape index (κ3) is 4.63. The van der Waals surface area contributed by atoms with E-state index in [9.17, 15) is 9.59 Å². The zero-order valence-electron chi connectivity index (χ0n) is 16.4. The number of Topliss-reactive ketones (excluding diaryl/α,β-unsaturated/α-hetero) is 1. The molecule has 0 radical (unpaired) electrons. The Morgan fingerprint density at radius 1 is 1.03 bits per heavy atom. The van der Waals surface area contributed by atoms with Gasteiger partial charge in [0.15, 0.2) is 5.78 Å². The standard InChI is InChI=1S/C24H24N2O2S/c1-16(27)18-6-3-8-21(14-18)26-23(28)15-25-24(22-9-4-12-29-22)20-11-10-17-5-2-7-19(17)13-20/h3-4,6,8-14,24-25H,2,5,7,15H2,1H3,(H,26,28)/t24-/m1/s1. The van der Waals surface area contributed by atoms with Crippen molar-refractivity contribution < 1.29 is 9.59 Å². The van der Waals surface area contributed by atoms with Crippen LogP contribution in [0.3, 0.4) is 0 Å². The molecule has 0 saturated carbocycles. The summed E-state index contributed by atoms with van der Waals surface area (Å²) in [4.78, 5) is 25.3. The molecule has 148 valence electrons. The van der Waals surface area contributed by atoms with Gasteiger partial charge < -0.3 is 5.32 Å². The lowest BCUT2D eigenvalue weighted by atomic mass is 10.00. The van der Waals surface area contributed by atoms with E-state index >= 15 is 0 Å². The Bertz CT molecular complexity index is 1030. The molecule has 0 saturated heterocycles. The van der Waals surface area contributed by atoms with E-state index in [4.69, 9.17) is 0 Å². The number of benzene rings is 2.